The molecule has 0 saturated carbocycles. The monoisotopic (exact) mass is 424 g/mol. The van der Waals surface area contributed by atoms with Crippen LogP contribution in [0.25, 0.3) is 0 Å². The first-order chi connectivity index (χ1) is 11.5. The lowest BCUT2D eigenvalue weighted by atomic mass is 9.71. The first-order valence-corrected chi connectivity index (χ1v) is 10.4. The highest BCUT2D eigenvalue weighted by molar-refractivity contribution is 9.10. The summed E-state index contributed by atoms with van der Waals surface area (Å²) in [6.07, 6.45) is 4.83. The van der Waals surface area contributed by atoms with Gasteiger partial charge in [0.15, 0.2) is 5.16 Å². The van der Waals surface area contributed by atoms with Gasteiger partial charge in [-0.3, -0.25) is 0 Å². The number of ether oxygens (including phenoxy) is 1. The summed E-state index contributed by atoms with van der Waals surface area (Å²) in [7, 11) is 0. The molecule has 2 atom stereocenters. The average molecular weight is 426 g/mol. The molecule has 2 aromatic rings. The Bertz CT molecular complexity index is 816. The van der Waals surface area contributed by atoms with Crippen molar-refractivity contribution in [3.8, 4) is 0 Å². The Kier molecular flexibility index (Phi) is 4.40. The van der Waals surface area contributed by atoms with E-state index >= 15 is 0 Å². The molecule has 1 spiro atoms. The molecule has 126 valence electrons. The van der Waals surface area contributed by atoms with E-state index in [1.54, 1.807) is 0 Å². The Labute approximate surface area is 159 Å². The number of hydrogen-bond acceptors (Lipinski definition) is 4. The van der Waals surface area contributed by atoms with Gasteiger partial charge in [0.1, 0.15) is 5.15 Å². The van der Waals surface area contributed by atoms with E-state index < -0.39 is 0 Å². The van der Waals surface area contributed by atoms with Crippen LogP contribution in [0.15, 0.2) is 27.8 Å². The van der Waals surface area contributed by atoms with Gasteiger partial charge in [0.05, 0.1) is 17.9 Å². The number of aromatic nitrogens is 2. The highest BCUT2D eigenvalue weighted by atomic mass is 79.9. The van der Waals surface area contributed by atoms with Crippen LogP contribution >= 0.6 is 39.3 Å². The normalized spacial score (nSPS) is 25.4. The molecule has 2 heterocycles. The van der Waals surface area contributed by atoms with Crippen molar-refractivity contribution in [2.75, 3.05) is 6.26 Å². The zero-order valence-corrected chi connectivity index (χ0v) is 16.8. The van der Waals surface area contributed by atoms with Crippen molar-refractivity contribution in [2.24, 2.45) is 5.92 Å². The minimum Gasteiger partial charge on any atom is -0.365 e. The van der Waals surface area contributed by atoms with Crippen LogP contribution < -0.4 is 0 Å². The lowest BCUT2D eigenvalue weighted by Crippen LogP contribution is -2.42. The fourth-order valence-electron chi connectivity index (χ4n) is 3.97. The topological polar surface area (TPSA) is 35.0 Å². The molecular formula is C18H18BrClN2OS. The Balaban J connectivity index is 1.83. The van der Waals surface area contributed by atoms with Crippen molar-refractivity contribution in [3.63, 3.8) is 0 Å². The SMILES string of the molecule is CSc1nc(Cl)c2c(n1)CC1(CC(C)Cc3ccc(Br)cc31)OC2. The van der Waals surface area contributed by atoms with Gasteiger partial charge >= 0.3 is 0 Å². The van der Waals surface area contributed by atoms with Gasteiger partial charge in [-0.15, -0.1) is 0 Å². The maximum Gasteiger partial charge on any atom is 0.188 e. The van der Waals surface area contributed by atoms with Crippen LogP contribution in [0.4, 0.5) is 0 Å². The highest BCUT2D eigenvalue weighted by Gasteiger charge is 2.44. The molecule has 24 heavy (non-hydrogen) atoms. The second kappa shape index (κ2) is 6.27. The van der Waals surface area contributed by atoms with Gasteiger partial charge in [-0.1, -0.05) is 52.3 Å². The van der Waals surface area contributed by atoms with Crippen molar-refractivity contribution in [1.29, 1.82) is 0 Å². The lowest BCUT2D eigenvalue weighted by Gasteiger charge is -2.44. The van der Waals surface area contributed by atoms with Gasteiger partial charge < -0.3 is 4.74 Å². The quantitative estimate of drug-likeness (QED) is 0.359. The number of benzene rings is 1. The maximum absolute atomic E-state index is 6.45. The lowest BCUT2D eigenvalue weighted by molar-refractivity contribution is -0.0941. The molecular weight excluding hydrogens is 408 g/mol. The van der Waals surface area contributed by atoms with Gasteiger partial charge in [0, 0.05) is 16.5 Å². The summed E-state index contributed by atoms with van der Waals surface area (Å²) in [6, 6.07) is 6.55. The van der Waals surface area contributed by atoms with E-state index in [2.05, 4.69) is 46.0 Å². The number of fused-ring (bicyclic) bond motifs is 3. The summed E-state index contributed by atoms with van der Waals surface area (Å²) in [6.45, 7) is 2.77. The predicted molar refractivity (Wildman–Crippen MR) is 101 cm³/mol. The summed E-state index contributed by atoms with van der Waals surface area (Å²) in [5, 5.41) is 1.26. The molecule has 6 heteroatoms. The first kappa shape index (κ1) is 16.8. The molecule has 2 unspecified atom stereocenters. The zero-order valence-electron chi connectivity index (χ0n) is 13.6. The standard InChI is InChI=1S/C18H18BrClN2OS/c1-10-5-11-3-4-12(19)6-14(11)18(7-10)8-15-13(9-23-18)16(20)22-17(21-15)24-2/h3-4,6,10H,5,7-9H2,1-2H3. The van der Waals surface area contributed by atoms with E-state index in [0.717, 1.165) is 40.1 Å². The number of hydrogen-bond donors (Lipinski definition) is 0. The van der Waals surface area contributed by atoms with Crippen LogP contribution in [0.2, 0.25) is 5.15 Å². The van der Waals surface area contributed by atoms with E-state index in [1.165, 1.54) is 22.9 Å². The van der Waals surface area contributed by atoms with Gasteiger partial charge in [-0.05, 0) is 48.3 Å². The Morgan fingerprint density at radius 3 is 3.00 bits per heavy atom. The summed E-state index contributed by atoms with van der Waals surface area (Å²) in [4.78, 5) is 9.08. The van der Waals surface area contributed by atoms with E-state index in [0.29, 0.717) is 17.7 Å². The highest BCUT2D eigenvalue weighted by Crippen LogP contribution is 2.47. The Morgan fingerprint density at radius 2 is 2.21 bits per heavy atom. The van der Waals surface area contributed by atoms with Crippen LogP contribution in [0.5, 0.6) is 0 Å². The van der Waals surface area contributed by atoms with Crippen molar-refractivity contribution in [3.05, 3.63) is 50.2 Å². The van der Waals surface area contributed by atoms with Crippen LogP contribution in [0, 0.1) is 5.92 Å². The third kappa shape index (κ3) is 2.79. The van der Waals surface area contributed by atoms with Crippen LogP contribution in [-0.2, 0) is 29.8 Å². The third-order valence-corrected chi connectivity index (χ3v) is 6.31. The summed E-state index contributed by atoms with van der Waals surface area (Å²) in [5.74, 6) is 0.581. The molecule has 0 fully saturated rings. The minimum atomic E-state index is -0.308. The summed E-state index contributed by atoms with van der Waals surface area (Å²) >= 11 is 11.5. The minimum absolute atomic E-state index is 0.308. The van der Waals surface area contributed by atoms with E-state index in [-0.39, 0.29) is 5.60 Å². The Hall–Kier alpha value is -0.620. The molecule has 1 aliphatic carbocycles. The molecule has 0 saturated heterocycles. The average Bonchev–Trinajstić information content (AvgIpc) is 2.55. The molecule has 1 aromatic carbocycles. The summed E-state index contributed by atoms with van der Waals surface area (Å²) in [5.41, 5.74) is 4.34. The third-order valence-electron chi connectivity index (χ3n) is 4.96. The van der Waals surface area contributed by atoms with Crippen LogP contribution in [0.1, 0.15) is 35.7 Å². The smallest absolute Gasteiger partial charge is 0.188 e. The molecule has 0 amide bonds. The van der Waals surface area contributed by atoms with Gasteiger partial charge in [-0.25, -0.2) is 9.97 Å². The van der Waals surface area contributed by atoms with E-state index in [4.69, 9.17) is 21.3 Å². The zero-order chi connectivity index (χ0) is 16.9. The fourth-order valence-corrected chi connectivity index (χ4v) is 5.00. The van der Waals surface area contributed by atoms with Crippen molar-refractivity contribution >= 4 is 39.3 Å². The largest absolute Gasteiger partial charge is 0.365 e. The molecule has 0 N–H and O–H groups in total. The van der Waals surface area contributed by atoms with E-state index in [1.807, 2.05) is 6.26 Å². The van der Waals surface area contributed by atoms with E-state index in [9.17, 15) is 0 Å². The van der Waals surface area contributed by atoms with Crippen molar-refractivity contribution < 1.29 is 4.74 Å². The molecule has 3 nitrogen and oxygen atoms in total. The molecule has 1 aromatic heterocycles. The molecule has 4 rings (SSSR count). The number of rotatable bonds is 1. The first-order valence-electron chi connectivity index (χ1n) is 8.03. The molecule has 2 aliphatic rings. The second-order valence-electron chi connectivity index (χ2n) is 6.70. The molecule has 0 bridgehead atoms. The molecule has 0 radical (unpaired) electrons. The number of halogens is 2. The van der Waals surface area contributed by atoms with Crippen LogP contribution in [0.3, 0.4) is 0 Å². The van der Waals surface area contributed by atoms with Crippen molar-refractivity contribution in [2.45, 2.75) is 43.6 Å². The number of nitrogens with zero attached hydrogens (tertiary/aromatic N) is 2. The molecule has 1 aliphatic heterocycles. The number of thioether (sulfide) groups is 1. The fraction of sp³-hybridized carbons (Fsp3) is 0.444. The Morgan fingerprint density at radius 1 is 1.38 bits per heavy atom. The second-order valence-corrected chi connectivity index (χ2v) is 8.75. The van der Waals surface area contributed by atoms with Gasteiger partial charge in [0.2, 0.25) is 0 Å². The maximum atomic E-state index is 6.45. The summed E-state index contributed by atoms with van der Waals surface area (Å²) < 4.78 is 7.54. The van der Waals surface area contributed by atoms with Crippen molar-refractivity contribution in [1.82, 2.24) is 9.97 Å². The van der Waals surface area contributed by atoms with Gasteiger partial charge in [0.25, 0.3) is 0 Å². The van der Waals surface area contributed by atoms with Gasteiger partial charge in [-0.2, -0.15) is 0 Å². The van der Waals surface area contributed by atoms with Crippen LogP contribution in [-0.4, -0.2) is 16.2 Å². The predicted octanol–water partition coefficient (Wildman–Crippen LogP) is 5.16.